The molecular formula is C19H18ClN3O3. The molecule has 2 aromatic heterocycles. The van der Waals surface area contributed by atoms with E-state index in [2.05, 4.69) is 10.1 Å². The van der Waals surface area contributed by atoms with Gasteiger partial charge in [0.05, 0.1) is 12.8 Å². The van der Waals surface area contributed by atoms with E-state index in [1.165, 1.54) is 4.68 Å². The summed E-state index contributed by atoms with van der Waals surface area (Å²) in [5, 5.41) is 4.83. The lowest BCUT2D eigenvalue weighted by molar-refractivity contribution is 0.112. The smallest absolute Gasteiger partial charge is 0.218 e. The molecule has 2 heterocycles. The predicted molar refractivity (Wildman–Crippen MR) is 98.3 cm³/mol. The molecule has 0 saturated heterocycles. The minimum atomic E-state index is 0.287. The third kappa shape index (κ3) is 4.21. The molecule has 7 heteroatoms. The number of aromatic nitrogens is 3. The second kappa shape index (κ2) is 8.49. The fraction of sp³-hybridized carbons (Fsp3) is 0.211. The van der Waals surface area contributed by atoms with Crippen molar-refractivity contribution in [2.24, 2.45) is 0 Å². The fourth-order valence-corrected chi connectivity index (χ4v) is 2.50. The minimum absolute atomic E-state index is 0.287. The molecule has 3 rings (SSSR count). The number of hydrogen-bond acceptors (Lipinski definition) is 5. The number of pyridine rings is 1. The Balaban J connectivity index is 1.79. The van der Waals surface area contributed by atoms with Gasteiger partial charge in [-0.15, -0.1) is 0 Å². The molecule has 0 bridgehead atoms. The van der Waals surface area contributed by atoms with Crippen molar-refractivity contribution in [2.45, 2.75) is 20.0 Å². The Morgan fingerprint density at radius 2 is 2.04 bits per heavy atom. The molecule has 0 spiro atoms. The summed E-state index contributed by atoms with van der Waals surface area (Å²) in [7, 11) is 0. The number of nitrogens with zero attached hydrogens (tertiary/aromatic N) is 3. The average Bonchev–Trinajstić information content (AvgIpc) is 3.14. The number of benzene rings is 1. The highest BCUT2D eigenvalue weighted by molar-refractivity contribution is 6.30. The highest BCUT2D eigenvalue weighted by atomic mass is 35.5. The Morgan fingerprint density at radius 1 is 1.15 bits per heavy atom. The molecule has 6 nitrogen and oxygen atoms in total. The van der Waals surface area contributed by atoms with E-state index in [1.807, 2.05) is 13.0 Å². The monoisotopic (exact) mass is 371 g/mol. The zero-order chi connectivity index (χ0) is 18.4. The normalized spacial score (nSPS) is 10.5. The van der Waals surface area contributed by atoms with Gasteiger partial charge in [0.25, 0.3) is 0 Å². The minimum Gasteiger partial charge on any atom is -0.493 e. The number of hydrogen-bond donors (Lipinski definition) is 0. The molecule has 1 aromatic carbocycles. The lowest BCUT2D eigenvalue weighted by Gasteiger charge is -2.13. The summed E-state index contributed by atoms with van der Waals surface area (Å²) < 4.78 is 13.2. The van der Waals surface area contributed by atoms with Crippen LogP contribution in [0, 0.1) is 0 Å². The molecule has 0 fully saturated rings. The molecule has 134 valence electrons. The zero-order valence-electron chi connectivity index (χ0n) is 14.3. The third-order valence-electron chi connectivity index (χ3n) is 3.60. The predicted octanol–water partition coefficient (Wildman–Crippen LogP) is 4.10. The second-order valence-electron chi connectivity index (χ2n) is 5.54. The molecule has 0 radical (unpaired) electrons. The maximum absolute atomic E-state index is 11.0. The second-order valence-corrected chi connectivity index (χ2v) is 5.97. The number of carbonyl (C=O) groups is 1. The van der Waals surface area contributed by atoms with Crippen LogP contribution in [0.2, 0.25) is 5.02 Å². The van der Waals surface area contributed by atoms with E-state index >= 15 is 0 Å². The van der Waals surface area contributed by atoms with Crippen molar-refractivity contribution >= 4 is 17.9 Å². The van der Waals surface area contributed by atoms with Crippen LogP contribution in [-0.4, -0.2) is 27.7 Å². The van der Waals surface area contributed by atoms with Gasteiger partial charge in [0.2, 0.25) is 5.88 Å². The first-order chi connectivity index (χ1) is 12.7. The van der Waals surface area contributed by atoms with Crippen LogP contribution < -0.4 is 9.47 Å². The summed E-state index contributed by atoms with van der Waals surface area (Å²) in [6, 6.07) is 10.5. The molecule has 0 amide bonds. The summed E-state index contributed by atoms with van der Waals surface area (Å²) in [6.07, 6.45) is 4.83. The van der Waals surface area contributed by atoms with Gasteiger partial charge < -0.3 is 9.47 Å². The van der Waals surface area contributed by atoms with Crippen LogP contribution >= 0.6 is 11.6 Å². The molecule has 0 aliphatic rings. The number of rotatable bonds is 8. The number of aldehydes is 1. The first-order valence-corrected chi connectivity index (χ1v) is 8.58. The van der Waals surface area contributed by atoms with Crippen molar-refractivity contribution in [3.05, 3.63) is 64.9 Å². The molecule has 0 saturated carbocycles. The van der Waals surface area contributed by atoms with E-state index in [-0.39, 0.29) is 6.61 Å². The quantitative estimate of drug-likeness (QED) is 0.558. The standard InChI is InChI=1S/C19H18ClN3O3/c1-2-9-25-17-11-16(20)4-3-15(17)13-26-19-6-8-22-23(19)18-10-14(12-24)5-7-21-18/h3-8,10-12H,2,9,13H2,1H3. The third-order valence-corrected chi connectivity index (χ3v) is 3.83. The summed E-state index contributed by atoms with van der Waals surface area (Å²) >= 11 is 6.06. The Labute approximate surface area is 156 Å². The Morgan fingerprint density at radius 3 is 2.85 bits per heavy atom. The van der Waals surface area contributed by atoms with Gasteiger partial charge in [-0.25, -0.2) is 4.98 Å². The Kier molecular flexibility index (Phi) is 5.86. The van der Waals surface area contributed by atoms with Crippen molar-refractivity contribution in [3.8, 4) is 17.4 Å². The molecule has 26 heavy (non-hydrogen) atoms. The molecule has 0 unspecified atom stereocenters. The fourth-order valence-electron chi connectivity index (χ4n) is 2.34. The van der Waals surface area contributed by atoms with E-state index in [0.29, 0.717) is 34.6 Å². The molecular weight excluding hydrogens is 354 g/mol. The molecule has 0 aliphatic heterocycles. The van der Waals surface area contributed by atoms with Crippen LogP contribution in [0.4, 0.5) is 0 Å². The van der Waals surface area contributed by atoms with E-state index in [4.69, 9.17) is 21.1 Å². The van der Waals surface area contributed by atoms with Crippen molar-refractivity contribution < 1.29 is 14.3 Å². The lowest BCUT2D eigenvalue weighted by atomic mass is 10.2. The van der Waals surface area contributed by atoms with Crippen LogP contribution in [0.1, 0.15) is 29.3 Å². The van der Waals surface area contributed by atoms with Gasteiger partial charge in [-0.05, 0) is 30.7 Å². The number of carbonyl (C=O) groups excluding carboxylic acids is 1. The summed E-state index contributed by atoms with van der Waals surface area (Å²) in [5.74, 6) is 1.72. The van der Waals surface area contributed by atoms with Crippen LogP contribution in [0.3, 0.4) is 0 Å². The largest absolute Gasteiger partial charge is 0.493 e. The van der Waals surface area contributed by atoms with E-state index in [1.54, 1.807) is 42.7 Å². The SMILES string of the molecule is CCCOc1cc(Cl)ccc1COc1ccnn1-c1cc(C=O)ccn1. The van der Waals surface area contributed by atoms with E-state index < -0.39 is 0 Å². The van der Waals surface area contributed by atoms with Crippen LogP contribution in [-0.2, 0) is 6.61 Å². The van der Waals surface area contributed by atoms with Gasteiger partial charge in [-0.2, -0.15) is 9.78 Å². The molecule has 0 aliphatic carbocycles. The van der Waals surface area contributed by atoms with Crippen LogP contribution in [0.5, 0.6) is 11.6 Å². The van der Waals surface area contributed by atoms with Crippen LogP contribution in [0.15, 0.2) is 48.8 Å². The average molecular weight is 372 g/mol. The first-order valence-electron chi connectivity index (χ1n) is 8.21. The highest BCUT2D eigenvalue weighted by Crippen LogP contribution is 2.26. The number of halogens is 1. The maximum atomic E-state index is 11.0. The first kappa shape index (κ1) is 17.9. The highest BCUT2D eigenvalue weighted by Gasteiger charge is 2.11. The van der Waals surface area contributed by atoms with Gasteiger partial charge >= 0.3 is 0 Å². The van der Waals surface area contributed by atoms with E-state index in [0.717, 1.165) is 18.3 Å². The number of ether oxygens (including phenoxy) is 2. The van der Waals surface area contributed by atoms with Crippen molar-refractivity contribution in [2.75, 3.05) is 6.61 Å². The van der Waals surface area contributed by atoms with E-state index in [9.17, 15) is 4.79 Å². The lowest BCUT2D eigenvalue weighted by Crippen LogP contribution is -2.06. The van der Waals surface area contributed by atoms with Crippen molar-refractivity contribution in [1.82, 2.24) is 14.8 Å². The Bertz CT molecular complexity index is 895. The maximum Gasteiger partial charge on any atom is 0.218 e. The summed E-state index contributed by atoms with van der Waals surface area (Å²) in [4.78, 5) is 15.2. The molecule has 0 N–H and O–H groups in total. The van der Waals surface area contributed by atoms with Crippen molar-refractivity contribution in [1.29, 1.82) is 0 Å². The van der Waals surface area contributed by atoms with Gasteiger partial charge in [-0.1, -0.05) is 24.6 Å². The van der Waals surface area contributed by atoms with Gasteiger partial charge in [0.15, 0.2) is 5.82 Å². The van der Waals surface area contributed by atoms with Gasteiger partial charge in [0.1, 0.15) is 18.6 Å². The van der Waals surface area contributed by atoms with Crippen molar-refractivity contribution in [3.63, 3.8) is 0 Å². The zero-order valence-corrected chi connectivity index (χ0v) is 15.0. The summed E-state index contributed by atoms with van der Waals surface area (Å²) in [6.45, 7) is 2.93. The Hall–Kier alpha value is -2.86. The molecule has 0 atom stereocenters. The van der Waals surface area contributed by atoms with Gasteiger partial charge in [0, 0.05) is 28.4 Å². The summed E-state index contributed by atoms with van der Waals surface area (Å²) in [5.41, 5.74) is 1.40. The van der Waals surface area contributed by atoms with Gasteiger partial charge in [-0.3, -0.25) is 4.79 Å². The topological polar surface area (TPSA) is 66.2 Å². The van der Waals surface area contributed by atoms with Crippen LogP contribution in [0.25, 0.3) is 5.82 Å². The molecule has 3 aromatic rings.